The van der Waals surface area contributed by atoms with Crippen LogP contribution in [0.5, 0.6) is 0 Å². The van der Waals surface area contributed by atoms with Crippen LogP contribution in [0.1, 0.15) is 22.3 Å². The van der Waals surface area contributed by atoms with E-state index in [4.69, 9.17) is 4.42 Å². The molecule has 0 saturated carbocycles. The largest absolute Gasteiger partial charge is 0.456 e. The Morgan fingerprint density at radius 1 is 0.373 bits per heavy atom. The minimum absolute atomic E-state index is 0.486. The van der Waals surface area contributed by atoms with E-state index < -0.39 is 5.41 Å². The van der Waals surface area contributed by atoms with Crippen molar-refractivity contribution in [2.45, 2.75) is 5.41 Å². The average molecular weight is 650 g/mol. The third-order valence-corrected chi connectivity index (χ3v) is 11.1. The van der Waals surface area contributed by atoms with E-state index in [9.17, 15) is 0 Å². The lowest BCUT2D eigenvalue weighted by Crippen LogP contribution is -2.26. The minimum Gasteiger partial charge on any atom is -0.456 e. The molecule has 2 heteroatoms. The summed E-state index contributed by atoms with van der Waals surface area (Å²) < 4.78 is 6.46. The first-order valence-corrected chi connectivity index (χ1v) is 17.6. The van der Waals surface area contributed by atoms with Crippen LogP contribution < -0.4 is 4.90 Å². The predicted molar refractivity (Wildman–Crippen MR) is 210 cm³/mol. The van der Waals surface area contributed by atoms with Crippen molar-refractivity contribution in [1.82, 2.24) is 0 Å². The average Bonchev–Trinajstić information content (AvgIpc) is 3.83. The van der Waals surface area contributed by atoms with Gasteiger partial charge in [-0.2, -0.15) is 0 Å². The summed E-state index contributed by atoms with van der Waals surface area (Å²) in [5.41, 5.74) is 17.5. The molecule has 2 aliphatic carbocycles. The molecule has 51 heavy (non-hydrogen) atoms. The highest BCUT2D eigenvalue weighted by Crippen LogP contribution is 2.64. The third-order valence-electron chi connectivity index (χ3n) is 11.1. The fourth-order valence-corrected chi connectivity index (χ4v) is 9.03. The number of anilines is 3. The van der Waals surface area contributed by atoms with Crippen LogP contribution in [0, 0.1) is 0 Å². The fourth-order valence-electron chi connectivity index (χ4n) is 9.03. The maximum absolute atomic E-state index is 6.46. The first-order chi connectivity index (χ1) is 25.3. The molecule has 1 spiro atoms. The second-order valence-corrected chi connectivity index (χ2v) is 13.6. The van der Waals surface area contributed by atoms with Crippen LogP contribution >= 0.6 is 0 Å². The van der Waals surface area contributed by atoms with Crippen LogP contribution in [0.4, 0.5) is 17.1 Å². The molecular weight excluding hydrogens is 619 g/mol. The highest BCUT2D eigenvalue weighted by molar-refractivity contribution is 6.16. The van der Waals surface area contributed by atoms with E-state index in [2.05, 4.69) is 193 Å². The van der Waals surface area contributed by atoms with Gasteiger partial charge in [-0.15, -0.1) is 0 Å². The maximum Gasteiger partial charge on any atom is 0.136 e. The van der Waals surface area contributed by atoms with Gasteiger partial charge < -0.3 is 9.32 Å². The van der Waals surface area contributed by atoms with E-state index in [1.54, 1.807) is 0 Å². The van der Waals surface area contributed by atoms with E-state index in [1.807, 2.05) is 0 Å². The molecule has 0 radical (unpaired) electrons. The molecule has 1 atom stereocenters. The molecule has 0 N–H and O–H groups in total. The molecule has 0 bridgehead atoms. The van der Waals surface area contributed by atoms with Crippen molar-refractivity contribution in [2.24, 2.45) is 0 Å². The van der Waals surface area contributed by atoms with Gasteiger partial charge in [-0.25, -0.2) is 0 Å². The number of hydrogen-bond donors (Lipinski definition) is 0. The highest BCUT2D eigenvalue weighted by Gasteiger charge is 2.52. The molecule has 238 valence electrons. The van der Waals surface area contributed by atoms with Crippen molar-refractivity contribution in [3.8, 4) is 33.4 Å². The van der Waals surface area contributed by atoms with Gasteiger partial charge in [-0.1, -0.05) is 140 Å². The molecule has 0 amide bonds. The smallest absolute Gasteiger partial charge is 0.136 e. The topological polar surface area (TPSA) is 16.4 Å². The Hall–Kier alpha value is -6.64. The molecule has 11 rings (SSSR count). The summed E-state index contributed by atoms with van der Waals surface area (Å²) in [5.74, 6) is 0. The van der Waals surface area contributed by atoms with Gasteiger partial charge in [0.2, 0.25) is 0 Å². The standard InChI is InChI=1S/C49H31NO/c1-3-13-32(14-4-1)33-23-25-35(26-24-33)50(34-15-5-2-6-16-34)36-27-28-38-37-17-7-10-20-41(37)49(44(38)31-36)42-21-11-8-18-39(42)47-43(49)29-30-46-48(47)40-19-9-12-22-45(40)51-46/h1-31H. The molecule has 1 unspecified atom stereocenters. The molecule has 8 aromatic carbocycles. The Morgan fingerprint density at radius 3 is 1.76 bits per heavy atom. The molecule has 2 nitrogen and oxygen atoms in total. The van der Waals surface area contributed by atoms with Crippen molar-refractivity contribution in [1.29, 1.82) is 0 Å². The van der Waals surface area contributed by atoms with Crippen LogP contribution in [0.25, 0.3) is 55.3 Å². The summed E-state index contributed by atoms with van der Waals surface area (Å²) in [4.78, 5) is 2.39. The first-order valence-electron chi connectivity index (χ1n) is 17.6. The molecule has 2 aliphatic rings. The number of rotatable bonds is 4. The monoisotopic (exact) mass is 649 g/mol. The van der Waals surface area contributed by atoms with Gasteiger partial charge in [0.25, 0.3) is 0 Å². The van der Waals surface area contributed by atoms with Crippen LogP contribution in [-0.2, 0) is 5.41 Å². The Morgan fingerprint density at radius 2 is 0.961 bits per heavy atom. The Bertz CT molecular complexity index is 2800. The molecule has 0 fully saturated rings. The van der Waals surface area contributed by atoms with Crippen molar-refractivity contribution >= 4 is 39.0 Å². The van der Waals surface area contributed by atoms with Crippen molar-refractivity contribution in [3.63, 3.8) is 0 Å². The summed E-state index contributed by atoms with van der Waals surface area (Å²) in [6, 6.07) is 68.4. The zero-order valence-electron chi connectivity index (χ0n) is 27.8. The summed E-state index contributed by atoms with van der Waals surface area (Å²) in [5, 5.41) is 2.35. The predicted octanol–water partition coefficient (Wildman–Crippen LogP) is 13.1. The van der Waals surface area contributed by atoms with Crippen LogP contribution in [0.15, 0.2) is 192 Å². The zero-order chi connectivity index (χ0) is 33.5. The molecule has 9 aromatic rings. The lowest BCUT2D eigenvalue weighted by molar-refractivity contribution is 0.668. The normalized spacial score (nSPS) is 15.1. The van der Waals surface area contributed by atoms with Gasteiger partial charge in [0, 0.05) is 27.8 Å². The SMILES string of the molecule is c1ccc(-c2ccc(N(c3ccccc3)c3ccc4c(c3)C3(c5ccccc5-4)c4ccccc4-c4c3ccc3oc5ccccc5c43)cc2)cc1. The van der Waals surface area contributed by atoms with E-state index in [1.165, 1.54) is 61.0 Å². The number of fused-ring (bicyclic) bond motifs is 14. The summed E-state index contributed by atoms with van der Waals surface area (Å²) >= 11 is 0. The van der Waals surface area contributed by atoms with Gasteiger partial charge in [-0.3, -0.25) is 0 Å². The van der Waals surface area contributed by atoms with Crippen molar-refractivity contribution in [2.75, 3.05) is 4.90 Å². The third kappa shape index (κ3) is 3.87. The van der Waals surface area contributed by atoms with Crippen LogP contribution in [0.3, 0.4) is 0 Å². The summed E-state index contributed by atoms with van der Waals surface area (Å²) in [6.07, 6.45) is 0. The van der Waals surface area contributed by atoms with E-state index in [0.717, 1.165) is 33.6 Å². The lowest BCUT2D eigenvalue weighted by Gasteiger charge is -2.32. The molecule has 1 heterocycles. The molecular formula is C49H31NO. The first kappa shape index (κ1) is 28.2. The highest BCUT2D eigenvalue weighted by atomic mass is 16.3. The number of furan rings is 1. The van der Waals surface area contributed by atoms with Gasteiger partial charge in [0.05, 0.1) is 5.41 Å². The van der Waals surface area contributed by atoms with Crippen molar-refractivity contribution < 1.29 is 4.42 Å². The molecule has 0 aliphatic heterocycles. The second kappa shape index (κ2) is 10.7. The second-order valence-electron chi connectivity index (χ2n) is 13.6. The van der Waals surface area contributed by atoms with E-state index in [0.29, 0.717) is 0 Å². The quantitative estimate of drug-likeness (QED) is 0.189. The van der Waals surface area contributed by atoms with Crippen molar-refractivity contribution in [3.05, 3.63) is 210 Å². The number of para-hydroxylation sites is 2. The molecule has 0 saturated heterocycles. The summed E-state index contributed by atoms with van der Waals surface area (Å²) in [6.45, 7) is 0. The minimum atomic E-state index is -0.486. The fraction of sp³-hybridized carbons (Fsp3) is 0.0204. The number of nitrogens with zero attached hydrogens (tertiary/aromatic N) is 1. The summed E-state index contributed by atoms with van der Waals surface area (Å²) in [7, 11) is 0. The Balaban J connectivity index is 1.18. The van der Waals surface area contributed by atoms with Gasteiger partial charge in [0.15, 0.2) is 0 Å². The molecule has 1 aromatic heterocycles. The maximum atomic E-state index is 6.46. The van der Waals surface area contributed by atoms with Gasteiger partial charge in [0.1, 0.15) is 11.2 Å². The zero-order valence-corrected chi connectivity index (χ0v) is 27.8. The number of benzene rings is 8. The lowest BCUT2D eigenvalue weighted by atomic mass is 9.70. The van der Waals surface area contributed by atoms with Gasteiger partial charge >= 0.3 is 0 Å². The van der Waals surface area contributed by atoms with E-state index >= 15 is 0 Å². The number of hydrogen-bond acceptors (Lipinski definition) is 2. The van der Waals surface area contributed by atoms with Gasteiger partial charge in [-0.05, 0) is 104 Å². The van der Waals surface area contributed by atoms with Crippen LogP contribution in [0.2, 0.25) is 0 Å². The Kier molecular flexibility index (Phi) is 5.91. The van der Waals surface area contributed by atoms with E-state index in [-0.39, 0.29) is 0 Å². The van der Waals surface area contributed by atoms with Crippen LogP contribution in [-0.4, -0.2) is 0 Å². The Labute approximate surface area is 296 Å².